The van der Waals surface area contributed by atoms with Gasteiger partial charge >= 0.3 is 0 Å². The van der Waals surface area contributed by atoms with Crippen molar-refractivity contribution in [3.63, 3.8) is 0 Å². The number of hydrogen-bond donors (Lipinski definition) is 2. The predicted molar refractivity (Wildman–Crippen MR) is 113 cm³/mol. The molecule has 4 rings (SSSR count). The second-order valence-corrected chi connectivity index (χ2v) is 9.52. The summed E-state index contributed by atoms with van der Waals surface area (Å²) in [7, 11) is -2.78. The molecule has 1 aromatic heterocycles. The van der Waals surface area contributed by atoms with Gasteiger partial charge in [-0.25, -0.2) is 23.0 Å². The number of ether oxygens (including phenoxy) is 2. The summed E-state index contributed by atoms with van der Waals surface area (Å²) in [5, 5.41) is 3.00. The molecule has 31 heavy (non-hydrogen) atoms. The van der Waals surface area contributed by atoms with Crippen LogP contribution in [0.3, 0.4) is 0 Å². The smallest absolute Gasteiger partial charge is 0.227 e. The number of aromatic nitrogens is 2. The van der Waals surface area contributed by atoms with Gasteiger partial charge in [-0.2, -0.15) is 0 Å². The molecule has 0 spiro atoms. The zero-order valence-electron chi connectivity index (χ0n) is 16.7. The third-order valence-corrected chi connectivity index (χ3v) is 5.31. The maximum absolute atomic E-state index is 14.4. The maximum Gasteiger partial charge on any atom is 0.227 e. The summed E-state index contributed by atoms with van der Waals surface area (Å²) >= 11 is 0. The lowest BCUT2D eigenvalue weighted by Crippen LogP contribution is -2.07. The van der Waals surface area contributed by atoms with E-state index in [-0.39, 0.29) is 29.8 Å². The minimum absolute atomic E-state index is 0.00380. The van der Waals surface area contributed by atoms with E-state index in [0.717, 1.165) is 6.20 Å². The molecule has 1 aliphatic heterocycles. The third kappa shape index (κ3) is 5.26. The molecule has 2 heterocycles. The van der Waals surface area contributed by atoms with Crippen LogP contribution in [0.1, 0.15) is 12.0 Å². The fraction of sp³-hybridized carbons (Fsp3) is 0.238. The first-order chi connectivity index (χ1) is 14.8. The highest BCUT2D eigenvalue weighted by molar-refractivity contribution is 7.90. The molecule has 0 radical (unpaired) electrons. The van der Waals surface area contributed by atoms with E-state index in [0.29, 0.717) is 35.6 Å². The zero-order valence-corrected chi connectivity index (χ0v) is 17.5. The Morgan fingerprint density at radius 3 is 2.74 bits per heavy atom. The summed E-state index contributed by atoms with van der Waals surface area (Å²) in [6.07, 6.45) is 2.86. The Morgan fingerprint density at radius 1 is 1.13 bits per heavy atom. The van der Waals surface area contributed by atoms with Gasteiger partial charge in [0.1, 0.15) is 11.4 Å². The summed E-state index contributed by atoms with van der Waals surface area (Å²) in [6.45, 7) is 0.490. The number of halogens is 2. The Morgan fingerprint density at radius 2 is 1.94 bits per heavy atom. The Bertz CT molecular complexity index is 1240. The third-order valence-electron chi connectivity index (χ3n) is 4.43. The van der Waals surface area contributed by atoms with Crippen LogP contribution in [0.4, 0.5) is 20.4 Å². The minimum atomic E-state index is -2.78. The molecule has 10 heteroatoms. The van der Waals surface area contributed by atoms with Gasteiger partial charge in [0.05, 0.1) is 25.2 Å². The lowest BCUT2D eigenvalue weighted by molar-refractivity contribution is 0.241. The number of anilines is 2. The van der Waals surface area contributed by atoms with Crippen molar-refractivity contribution in [2.45, 2.75) is 12.2 Å². The van der Waals surface area contributed by atoms with Crippen molar-refractivity contribution in [1.82, 2.24) is 9.97 Å². The normalized spacial score (nSPS) is 15.3. The van der Waals surface area contributed by atoms with Gasteiger partial charge in [-0.3, -0.25) is 4.78 Å². The van der Waals surface area contributed by atoms with Gasteiger partial charge in [-0.05, 0) is 35.9 Å². The highest BCUT2D eigenvalue weighted by Gasteiger charge is 2.15. The molecule has 7 nitrogen and oxygen atoms in total. The average molecular weight is 446 g/mol. The van der Waals surface area contributed by atoms with E-state index in [1.165, 1.54) is 24.5 Å². The molecule has 0 saturated carbocycles. The highest BCUT2D eigenvalue weighted by Crippen LogP contribution is 2.29. The van der Waals surface area contributed by atoms with Crippen molar-refractivity contribution in [3.8, 4) is 22.8 Å². The van der Waals surface area contributed by atoms with Gasteiger partial charge in [0.15, 0.2) is 17.4 Å². The quantitative estimate of drug-likeness (QED) is 0.602. The Kier molecular flexibility index (Phi) is 5.73. The van der Waals surface area contributed by atoms with Crippen LogP contribution in [0.15, 0.2) is 42.6 Å². The molecule has 0 saturated heterocycles. The molecular formula is C21H20F2N4O3S. The van der Waals surface area contributed by atoms with Crippen molar-refractivity contribution in [1.29, 1.82) is 4.78 Å². The van der Waals surface area contributed by atoms with Crippen molar-refractivity contribution in [2.24, 2.45) is 0 Å². The lowest BCUT2D eigenvalue weighted by Gasteiger charge is -2.13. The van der Waals surface area contributed by atoms with E-state index in [1.807, 2.05) is 0 Å². The summed E-state index contributed by atoms with van der Waals surface area (Å²) in [4.78, 5) is 8.21. The van der Waals surface area contributed by atoms with Gasteiger partial charge in [0.2, 0.25) is 5.95 Å². The van der Waals surface area contributed by atoms with Crippen molar-refractivity contribution >= 4 is 21.4 Å². The molecule has 1 atom stereocenters. The number of rotatable bonds is 2. The topological polar surface area (TPSA) is 97.2 Å². The SMILES string of the molecule is C[S@@](=N)(=O)Cc1cc2cc(c1)OCCCOc1cc(ccc1F)-c1nc(ncc1F)N2. The number of nitrogens with zero attached hydrogens (tertiary/aromatic N) is 2. The van der Waals surface area contributed by atoms with Crippen molar-refractivity contribution < 1.29 is 22.5 Å². The first-order valence-corrected chi connectivity index (χ1v) is 11.6. The van der Waals surface area contributed by atoms with Crippen LogP contribution in [-0.4, -0.2) is 33.6 Å². The van der Waals surface area contributed by atoms with Crippen LogP contribution in [0.2, 0.25) is 0 Å². The molecule has 3 aromatic rings. The second-order valence-electron chi connectivity index (χ2n) is 7.23. The molecule has 0 amide bonds. The van der Waals surface area contributed by atoms with Crippen LogP contribution in [0.5, 0.6) is 11.5 Å². The number of benzene rings is 2. The molecule has 0 unspecified atom stereocenters. The number of hydrogen-bond acceptors (Lipinski definition) is 7. The molecule has 162 valence electrons. The molecule has 0 aliphatic carbocycles. The first kappa shape index (κ1) is 21.0. The lowest BCUT2D eigenvalue weighted by atomic mass is 10.1. The van der Waals surface area contributed by atoms with E-state index in [1.54, 1.807) is 18.2 Å². The summed E-state index contributed by atoms with van der Waals surface area (Å²) in [5.41, 5.74) is 1.52. The van der Waals surface area contributed by atoms with Crippen LogP contribution >= 0.6 is 0 Å². The maximum atomic E-state index is 14.4. The molecular weight excluding hydrogens is 426 g/mol. The van der Waals surface area contributed by atoms with Gasteiger partial charge < -0.3 is 14.8 Å². The monoisotopic (exact) mass is 446 g/mol. The fourth-order valence-corrected chi connectivity index (χ4v) is 3.97. The minimum Gasteiger partial charge on any atom is -0.493 e. The van der Waals surface area contributed by atoms with E-state index in [4.69, 9.17) is 14.3 Å². The van der Waals surface area contributed by atoms with E-state index in [9.17, 15) is 13.0 Å². The van der Waals surface area contributed by atoms with Crippen LogP contribution in [0, 0.1) is 16.4 Å². The fourth-order valence-electron chi connectivity index (χ4n) is 3.17. The van der Waals surface area contributed by atoms with E-state index >= 15 is 0 Å². The van der Waals surface area contributed by atoms with Crippen LogP contribution < -0.4 is 14.8 Å². The predicted octanol–water partition coefficient (Wildman–Crippen LogP) is 4.50. The van der Waals surface area contributed by atoms with Gasteiger partial charge in [-0.1, -0.05) is 0 Å². The van der Waals surface area contributed by atoms with Crippen LogP contribution in [-0.2, 0) is 15.5 Å². The van der Waals surface area contributed by atoms with E-state index in [2.05, 4.69) is 15.3 Å². The Balaban J connectivity index is 1.78. The molecule has 2 N–H and O–H groups in total. The number of fused-ring (bicyclic) bond motifs is 7. The summed E-state index contributed by atoms with van der Waals surface area (Å²) in [6, 6.07) is 9.15. The van der Waals surface area contributed by atoms with Gasteiger partial charge in [-0.15, -0.1) is 0 Å². The molecule has 1 aliphatic rings. The summed E-state index contributed by atoms with van der Waals surface area (Å²) in [5.74, 6) is -0.572. The Labute approximate surface area is 178 Å². The molecule has 0 fully saturated rings. The Hall–Kier alpha value is -3.27. The average Bonchev–Trinajstić information content (AvgIpc) is 2.69. The highest BCUT2D eigenvalue weighted by atomic mass is 32.2. The van der Waals surface area contributed by atoms with E-state index < -0.39 is 21.4 Å². The molecule has 2 aromatic carbocycles. The van der Waals surface area contributed by atoms with Gasteiger partial charge in [0, 0.05) is 39.7 Å². The van der Waals surface area contributed by atoms with Gasteiger partial charge in [0.25, 0.3) is 0 Å². The number of nitrogens with one attached hydrogen (secondary N) is 2. The van der Waals surface area contributed by atoms with Crippen molar-refractivity contribution in [2.75, 3.05) is 24.8 Å². The molecule has 6 bridgehead atoms. The second kappa shape index (κ2) is 8.46. The largest absolute Gasteiger partial charge is 0.493 e. The first-order valence-electron chi connectivity index (χ1n) is 9.47. The summed E-state index contributed by atoms with van der Waals surface area (Å²) < 4.78 is 59.5. The van der Waals surface area contributed by atoms with Crippen molar-refractivity contribution in [3.05, 3.63) is 59.8 Å². The van der Waals surface area contributed by atoms with Crippen LogP contribution in [0.25, 0.3) is 11.3 Å². The zero-order chi connectivity index (χ0) is 22.0. The standard InChI is InChI=1S/C21H20F2N4O3S/c1-31(24,28)12-13-7-15-10-16(8-13)29-5-2-6-30-19-9-14(3-4-17(19)22)20-18(23)11-25-21(26-15)27-20/h3-4,7-11,24H,2,5-6,12H2,1H3,(H,25,26,27)/t31-/m1/s1.